The van der Waals surface area contributed by atoms with Gasteiger partial charge in [0.15, 0.2) is 11.8 Å². The molecule has 0 aliphatic carbocycles. The second-order valence-corrected chi connectivity index (χ2v) is 5.66. The quantitative estimate of drug-likeness (QED) is 0.619. The summed E-state index contributed by atoms with van der Waals surface area (Å²) in [6.07, 6.45) is 1.41. The third kappa shape index (κ3) is 3.66. The number of hydrogen-bond acceptors (Lipinski definition) is 4. The number of halogens is 1. The molecule has 3 rings (SSSR count). The molecule has 130 valence electrons. The molecule has 2 aromatic rings. The number of hydrogen-bond donors (Lipinski definition) is 0. The molecule has 1 aliphatic heterocycles. The number of nitrogens with zero attached hydrogens (tertiary/aromatic N) is 2. The van der Waals surface area contributed by atoms with Gasteiger partial charge in [-0.1, -0.05) is 6.07 Å². The number of morpholine rings is 1. The third-order valence-electron chi connectivity index (χ3n) is 4.06. The van der Waals surface area contributed by atoms with E-state index in [0.717, 1.165) is 16.7 Å². The third-order valence-corrected chi connectivity index (χ3v) is 4.06. The van der Waals surface area contributed by atoms with Gasteiger partial charge < -0.3 is 9.64 Å². The first-order chi connectivity index (χ1) is 12.1. The molecule has 2 heterocycles. The van der Waals surface area contributed by atoms with Crippen LogP contribution in [0.25, 0.3) is 0 Å². The Morgan fingerprint density at radius 1 is 1.04 bits per heavy atom. The average molecular weight is 344 g/mol. The van der Waals surface area contributed by atoms with Gasteiger partial charge in [-0.15, -0.1) is 0 Å². The number of benzene rings is 1. The van der Waals surface area contributed by atoms with Gasteiger partial charge in [-0.05, 0) is 30.3 Å². The van der Waals surface area contributed by atoms with Gasteiger partial charge in [-0.3, -0.25) is 19.0 Å². The number of ketones is 1. The zero-order valence-corrected chi connectivity index (χ0v) is 13.4. The van der Waals surface area contributed by atoms with Crippen LogP contribution in [0.3, 0.4) is 0 Å². The van der Waals surface area contributed by atoms with Crippen LogP contribution in [0.4, 0.5) is 4.39 Å². The summed E-state index contributed by atoms with van der Waals surface area (Å²) in [5, 5.41) is 0. The van der Waals surface area contributed by atoms with Crippen molar-refractivity contribution in [2.75, 3.05) is 26.3 Å². The molecule has 1 aromatic carbocycles. The molecule has 1 fully saturated rings. The van der Waals surface area contributed by atoms with E-state index in [9.17, 15) is 18.8 Å². The van der Waals surface area contributed by atoms with Gasteiger partial charge in [-0.2, -0.15) is 0 Å². The Morgan fingerprint density at radius 2 is 1.72 bits per heavy atom. The summed E-state index contributed by atoms with van der Waals surface area (Å²) < 4.78 is 19.5. The van der Waals surface area contributed by atoms with Crippen LogP contribution in [0.2, 0.25) is 0 Å². The zero-order chi connectivity index (χ0) is 17.8. The molecule has 0 saturated carbocycles. The molecule has 7 heteroatoms. The number of rotatable bonds is 4. The molecule has 1 aliphatic rings. The van der Waals surface area contributed by atoms with E-state index in [1.54, 1.807) is 6.07 Å². The molecule has 6 nitrogen and oxygen atoms in total. The maximum atomic E-state index is 13.1. The van der Waals surface area contributed by atoms with Crippen molar-refractivity contribution in [2.45, 2.75) is 6.04 Å². The minimum atomic E-state index is -1.32. The second kappa shape index (κ2) is 7.40. The van der Waals surface area contributed by atoms with Gasteiger partial charge in [0.05, 0.1) is 13.2 Å². The van der Waals surface area contributed by atoms with Gasteiger partial charge in [0.1, 0.15) is 5.82 Å². The van der Waals surface area contributed by atoms with Gasteiger partial charge in [-0.25, -0.2) is 4.39 Å². The lowest BCUT2D eigenvalue weighted by atomic mass is 10.0. The summed E-state index contributed by atoms with van der Waals surface area (Å²) in [6.45, 7) is 1.47. The summed E-state index contributed by atoms with van der Waals surface area (Å²) in [4.78, 5) is 39.6. The molecule has 1 amide bonds. The van der Waals surface area contributed by atoms with Crippen molar-refractivity contribution >= 4 is 11.7 Å². The van der Waals surface area contributed by atoms with Crippen molar-refractivity contribution in [3.63, 3.8) is 0 Å². The minimum Gasteiger partial charge on any atom is -0.378 e. The summed E-state index contributed by atoms with van der Waals surface area (Å²) in [5.41, 5.74) is -0.284. The fraction of sp³-hybridized carbons (Fsp3) is 0.278. The Balaban J connectivity index is 2.00. The first-order valence-corrected chi connectivity index (χ1v) is 7.91. The zero-order valence-electron chi connectivity index (χ0n) is 13.4. The monoisotopic (exact) mass is 344 g/mol. The van der Waals surface area contributed by atoms with Gasteiger partial charge in [0.2, 0.25) is 0 Å². The molecule has 0 unspecified atom stereocenters. The summed E-state index contributed by atoms with van der Waals surface area (Å²) in [5.74, 6) is -1.50. The van der Waals surface area contributed by atoms with Crippen molar-refractivity contribution in [2.24, 2.45) is 0 Å². The Hall–Kier alpha value is -2.80. The molecule has 0 N–H and O–H groups in total. The van der Waals surface area contributed by atoms with Crippen molar-refractivity contribution in [1.82, 2.24) is 9.47 Å². The van der Waals surface area contributed by atoms with Crippen LogP contribution in [0.5, 0.6) is 0 Å². The molecule has 25 heavy (non-hydrogen) atoms. The fourth-order valence-electron chi connectivity index (χ4n) is 2.74. The molecule has 1 atom stereocenters. The number of carbonyl (C=O) groups is 2. The summed E-state index contributed by atoms with van der Waals surface area (Å²) in [6, 6.07) is 8.01. The normalized spacial score (nSPS) is 15.6. The van der Waals surface area contributed by atoms with E-state index in [1.807, 2.05) is 0 Å². The van der Waals surface area contributed by atoms with Crippen molar-refractivity contribution < 1.29 is 18.7 Å². The van der Waals surface area contributed by atoms with Crippen LogP contribution in [-0.2, 0) is 9.53 Å². The largest absolute Gasteiger partial charge is 0.378 e. The highest BCUT2D eigenvalue weighted by Crippen LogP contribution is 2.18. The second-order valence-electron chi connectivity index (χ2n) is 5.66. The van der Waals surface area contributed by atoms with E-state index < -0.39 is 29.1 Å². The summed E-state index contributed by atoms with van der Waals surface area (Å²) in [7, 11) is 0. The highest BCUT2D eigenvalue weighted by molar-refractivity contribution is 6.11. The smallest absolute Gasteiger partial charge is 0.254 e. The van der Waals surface area contributed by atoms with E-state index in [4.69, 9.17) is 4.74 Å². The predicted molar refractivity (Wildman–Crippen MR) is 87.9 cm³/mol. The number of pyridine rings is 1. The average Bonchev–Trinajstić information content (AvgIpc) is 2.64. The maximum absolute atomic E-state index is 13.1. The van der Waals surface area contributed by atoms with E-state index in [2.05, 4.69) is 0 Å². The SMILES string of the molecule is O=C(c1ccc(F)cc1)[C@@H](C(=O)N1CCOCC1)n1ccccc1=O. The highest BCUT2D eigenvalue weighted by Gasteiger charge is 2.34. The van der Waals surface area contributed by atoms with Gasteiger partial charge in [0.25, 0.3) is 11.5 Å². The number of aromatic nitrogens is 1. The Morgan fingerprint density at radius 3 is 2.36 bits per heavy atom. The Kier molecular flexibility index (Phi) is 5.04. The fourth-order valence-corrected chi connectivity index (χ4v) is 2.74. The maximum Gasteiger partial charge on any atom is 0.254 e. The number of carbonyl (C=O) groups excluding carboxylic acids is 2. The lowest BCUT2D eigenvalue weighted by molar-refractivity contribution is -0.137. The molecule has 1 aromatic heterocycles. The first-order valence-electron chi connectivity index (χ1n) is 7.91. The molecule has 0 bridgehead atoms. The van der Waals surface area contributed by atoms with Crippen LogP contribution < -0.4 is 5.56 Å². The van der Waals surface area contributed by atoms with Crippen molar-refractivity contribution in [1.29, 1.82) is 0 Å². The molecular weight excluding hydrogens is 327 g/mol. The molecular formula is C18H17FN2O4. The standard InChI is InChI=1S/C18H17FN2O4/c19-14-6-4-13(5-7-14)17(23)16(21-8-2-1-3-15(21)22)18(24)20-9-11-25-12-10-20/h1-8,16H,9-12H2/t16-/m0/s1. The first kappa shape index (κ1) is 17.0. The molecule has 0 spiro atoms. The van der Waals surface area contributed by atoms with Crippen LogP contribution in [0.1, 0.15) is 16.4 Å². The lowest BCUT2D eigenvalue weighted by Crippen LogP contribution is -2.48. The van der Waals surface area contributed by atoms with Crippen LogP contribution in [0.15, 0.2) is 53.5 Å². The van der Waals surface area contributed by atoms with Gasteiger partial charge in [0, 0.05) is 30.9 Å². The lowest BCUT2D eigenvalue weighted by Gasteiger charge is -2.30. The van der Waals surface area contributed by atoms with Crippen LogP contribution in [0, 0.1) is 5.82 Å². The van der Waals surface area contributed by atoms with E-state index in [1.165, 1.54) is 35.4 Å². The Labute approximate surface area is 143 Å². The highest BCUT2D eigenvalue weighted by atomic mass is 19.1. The molecule has 1 saturated heterocycles. The summed E-state index contributed by atoms with van der Waals surface area (Å²) >= 11 is 0. The van der Waals surface area contributed by atoms with Crippen molar-refractivity contribution in [3.8, 4) is 0 Å². The minimum absolute atomic E-state index is 0.170. The van der Waals surface area contributed by atoms with E-state index in [-0.39, 0.29) is 5.56 Å². The van der Waals surface area contributed by atoms with E-state index in [0.29, 0.717) is 26.3 Å². The van der Waals surface area contributed by atoms with Crippen molar-refractivity contribution in [3.05, 3.63) is 70.4 Å². The van der Waals surface area contributed by atoms with Crippen LogP contribution >= 0.6 is 0 Å². The number of Topliss-reactive ketones (excluding diaryl/α,β-unsaturated/α-hetero) is 1. The van der Waals surface area contributed by atoms with Crippen LogP contribution in [-0.4, -0.2) is 47.5 Å². The van der Waals surface area contributed by atoms with Gasteiger partial charge >= 0.3 is 0 Å². The van der Waals surface area contributed by atoms with E-state index >= 15 is 0 Å². The predicted octanol–water partition coefficient (Wildman–Crippen LogP) is 1.27. The number of ether oxygens (including phenoxy) is 1. The Bertz CT molecular complexity index is 825. The topological polar surface area (TPSA) is 68.6 Å². The molecule has 0 radical (unpaired) electrons. The number of amides is 1.